The van der Waals surface area contributed by atoms with E-state index in [1.807, 2.05) is 6.07 Å². The first-order chi connectivity index (χ1) is 8.97. The summed E-state index contributed by atoms with van der Waals surface area (Å²) in [6.07, 6.45) is 0. The number of thiocarbonyl (C=S) groups is 1. The maximum Gasteiger partial charge on any atom is 0.135 e. The molecule has 0 saturated heterocycles. The van der Waals surface area contributed by atoms with Crippen LogP contribution in [0.2, 0.25) is 0 Å². The molecule has 0 unspecified atom stereocenters. The predicted octanol–water partition coefficient (Wildman–Crippen LogP) is 2.57. The van der Waals surface area contributed by atoms with Gasteiger partial charge < -0.3 is 15.4 Å². The summed E-state index contributed by atoms with van der Waals surface area (Å²) in [7, 11) is 1.65. The van der Waals surface area contributed by atoms with Crippen molar-refractivity contribution in [3.05, 3.63) is 29.6 Å². The first kappa shape index (κ1) is 15.9. The largest absolute Gasteiger partial charge is 0.389 e. The van der Waals surface area contributed by atoms with Gasteiger partial charge in [-0.15, -0.1) is 0 Å². The monoisotopic (exact) mass is 284 g/mol. The molecule has 19 heavy (non-hydrogen) atoms. The Hall–Kier alpha value is -1.20. The van der Waals surface area contributed by atoms with Crippen LogP contribution in [-0.2, 0) is 4.74 Å². The van der Waals surface area contributed by atoms with Crippen molar-refractivity contribution in [2.45, 2.75) is 13.8 Å². The van der Waals surface area contributed by atoms with E-state index in [0.29, 0.717) is 24.6 Å². The molecule has 0 aliphatic rings. The molecule has 0 aromatic heterocycles. The van der Waals surface area contributed by atoms with E-state index in [2.05, 4.69) is 18.7 Å². The van der Waals surface area contributed by atoms with Crippen LogP contribution >= 0.6 is 12.2 Å². The van der Waals surface area contributed by atoms with Crippen LogP contribution < -0.4 is 10.6 Å². The lowest BCUT2D eigenvalue weighted by atomic mass is 10.1. The van der Waals surface area contributed by atoms with Gasteiger partial charge in [-0.2, -0.15) is 0 Å². The van der Waals surface area contributed by atoms with Crippen LogP contribution in [-0.4, -0.2) is 31.8 Å². The Bertz CT molecular complexity index is 437. The third-order valence-electron chi connectivity index (χ3n) is 2.73. The van der Waals surface area contributed by atoms with Gasteiger partial charge in [-0.3, -0.25) is 0 Å². The van der Waals surface area contributed by atoms with Crippen molar-refractivity contribution in [2.75, 3.05) is 31.7 Å². The standard InChI is InChI=1S/C14H21FN2OS/c1-10(2)9-17(7-8-18-3)12-6-4-5-11(15)13(12)14(16)19/h4-6,10H,7-9H2,1-3H3,(H2,16,19). The Kier molecular flexibility index (Phi) is 6.18. The van der Waals surface area contributed by atoms with E-state index in [0.717, 1.165) is 12.2 Å². The number of halogens is 1. The lowest BCUT2D eigenvalue weighted by Gasteiger charge is -2.28. The predicted molar refractivity (Wildman–Crippen MR) is 81.2 cm³/mol. The average Bonchev–Trinajstić information content (AvgIpc) is 2.33. The van der Waals surface area contributed by atoms with Gasteiger partial charge >= 0.3 is 0 Å². The summed E-state index contributed by atoms with van der Waals surface area (Å²) in [5.41, 5.74) is 6.69. The SMILES string of the molecule is COCCN(CC(C)C)c1cccc(F)c1C(N)=S. The van der Waals surface area contributed by atoms with Crippen molar-refractivity contribution < 1.29 is 9.13 Å². The van der Waals surface area contributed by atoms with Crippen LogP contribution in [0.3, 0.4) is 0 Å². The van der Waals surface area contributed by atoms with Crippen LogP contribution in [0.15, 0.2) is 18.2 Å². The van der Waals surface area contributed by atoms with Crippen molar-refractivity contribution in [1.29, 1.82) is 0 Å². The fourth-order valence-electron chi connectivity index (χ4n) is 1.97. The molecule has 0 amide bonds. The van der Waals surface area contributed by atoms with Gasteiger partial charge in [0.1, 0.15) is 10.8 Å². The molecule has 106 valence electrons. The number of methoxy groups -OCH3 is 1. The van der Waals surface area contributed by atoms with Crippen LogP contribution in [0.5, 0.6) is 0 Å². The Morgan fingerprint density at radius 1 is 1.47 bits per heavy atom. The second-order valence-electron chi connectivity index (χ2n) is 4.83. The van der Waals surface area contributed by atoms with E-state index < -0.39 is 0 Å². The van der Waals surface area contributed by atoms with Crippen molar-refractivity contribution in [3.63, 3.8) is 0 Å². The number of hydrogen-bond donors (Lipinski definition) is 1. The molecule has 0 radical (unpaired) electrons. The molecule has 0 saturated carbocycles. The number of nitrogens with two attached hydrogens (primary N) is 1. The second-order valence-corrected chi connectivity index (χ2v) is 5.27. The van der Waals surface area contributed by atoms with Crippen molar-refractivity contribution >= 4 is 22.9 Å². The molecule has 0 bridgehead atoms. The molecule has 1 aromatic carbocycles. The zero-order valence-corrected chi connectivity index (χ0v) is 12.5. The van der Waals surface area contributed by atoms with Gasteiger partial charge in [0.15, 0.2) is 0 Å². The zero-order chi connectivity index (χ0) is 14.4. The van der Waals surface area contributed by atoms with Gasteiger partial charge in [-0.25, -0.2) is 4.39 Å². The highest BCUT2D eigenvalue weighted by Crippen LogP contribution is 2.24. The smallest absolute Gasteiger partial charge is 0.135 e. The van der Waals surface area contributed by atoms with Crippen molar-refractivity contribution in [2.24, 2.45) is 11.7 Å². The molecule has 0 spiro atoms. The van der Waals surface area contributed by atoms with E-state index in [-0.39, 0.29) is 10.8 Å². The van der Waals surface area contributed by atoms with Crippen LogP contribution in [0.25, 0.3) is 0 Å². The Morgan fingerprint density at radius 2 is 2.16 bits per heavy atom. The molecule has 1 aromatic rings. The number of rotatable bonds is 7. The highest BCUT2D eigenvalue weighted by Gasteiger charge is 2.17. The fourth-order valence-corrected chi connectivity index (χ4v) is 2.17. The molecular weight excluding hydrogens is 263 g/mol. The maximum absolute atomic E-state index is 13.9. The van der Waals surface area contributed by atoms with E-state index in [1.165, 1.54) is 6.07 Å². The molecular formula is C14H21FN2OS. The zero-order valence-electron chi connectivity index (χ0n) is 11.6. The van der Waals surface area contributed by atoms with Gasteiger partial charge in [-0.1, -0.05) is 32.1 Å². The minimum Gasteiger partial charge on any atom is -0.389 e. The van der Waals surface area contributed by atoms with Gasteiger partial charge in [0.05, 0.1) is 12.2 Å². The highest BCUT2D eigenvalue weighted by atomic mass is 32.1. The molecule has 0 atom stereocenters. The molecule has 5 heteroatoms. The first-order valence-corrected chi connectivity index (χ1v) is 6.70. The van der Waals surface area contributed by atoms with Gasteiger partial charge in [0.25, 0.3) is 0 Å². The lowest BCUT2D eigenvalue weighted by Crippen LogP contribution is -2.33. The van der Waals surface area contributed by atoms with E-state index in [9.17, 15) is 4.39 Å². The maximum atomic E-state index is 13.9. The molecule has 0 heterocycles. The quantitative estimate of drug-likeness (QED) is 0.781. The summed E-state index contributed by atoms with van der Waals surface area (Å²) in [5, 5.41) is 0. The summed E-state index contributed by atoms with van der Waals surface area (Å²) in [4.78, 5) is 2.14. The summed E-state index contributed by atoms with van der Waals surface area (Å²) >= 11 is 4.96. The number of ether oxygens (including phenoxy) is 1. The first-order valence-electron chi connectivity index (χ1n) is 6.29. The number of nitrogens with zero attached hydrogens (tertiary/aromatic N) is 1. The van der Waals surface area contributed by atoms with Crippen LogP contribution in [0.4, 0.5) is 10.1 Å². The van der Waals surface area contributed by atoms with Crippen molar-refractivity contribution in [1.82, 2.24) is 0 Å². The lowest BCUT2D eigenvalue weighted by molar-refractivity contribution is 0.204. The minimum absolute atomic E-state index is 0.0827. The van der Waals surface area contributed by atoms with Gasteiger partial charge in [0, 0.05) is 25.9 Å². The van der Waals surface area contributed by atoms with Crippen molar-refractivity contribution in [3.8, 4) is 0 Å². The Labute approximate surface area is 119 Å². The summed E-state index contributed by atoms with van der Waals surface area (Å²) in [6, 6.07) is 4.89. The topological polar surface area (TPSA) is 38.5 Å². The molecule has 0 aliphatic heterocycles. The second kappa shape index (κ2) is 7.40. The molecule has 0 aliphatic carbocycles. The summed E-state index contributed by atoms with van der Waals surface area (Å²) in [6.45, 7) is 6.26. The third kappa shape index (κ3) is 4.44. The molecule has 1 rings (SSSR count). The van der Waals surface area contributed by atoms with Gasteiger partial charge in [-0.05, 0) is 18.1 Å². The average molecular weight is 284 g/mol. The van der Waals surface area contributed by atoms with Crippen LogP contribution in [0.1, 0.15) is 19.4 Å². The molecule has 3 nitrogen and oxygen atoms in total. The Balaban J connectivity index is 3.13. The van der Waals surface area contributed by atoms with E-state index in [1.54, 1.807) is 13.2 Å². The number of benzene rings is 1. The number of anilines is 1. The molecule has 0 fully saturated rings. The van der Waals surface area contributed by atoms with Crippen LogP contribution in [0, 0.1) is 11.7 Å². The molecule has 2 N–H and O–H groups in total. The minimum atomic E-state index is -0.379. The Morgan fingerprint density at radius 3 is 2.68 bits per heavy atom. The summed E-state index contributed by atoms with van der Waals surface area (Å²) < 4.78 is 19.0. The van der Waals surface area contributed by atoms with E-state index >= 15 is 0 Å². The van der Waals surface area contributed by atoms with E-state index in [4.69, 9.17) is 22.7 Å². The highest BCUT2D eigenvalue weighted by molar-refractivity contribution is 7.80. The normalized spacial score (nSPS) is 10.8. The van der Waals surface area contributed by atoms with Gasteiger partial charge in [0.2, 0.25) is 0 Å². The fraction of sp³-hybridized carbons (Fsp3) is 0.500. The third-order valence-corrected chi connectivity index (χ3v) is 2.93. The summed E-state index contributed by atoms with van der Waals surface area (Å²) in [5.74, 6) is 0.0653. The number of hydrogen-bond acceptors (Lipinski definition) is 3.